The van der Waals surface area contributed by atoms with Gasteiger partial charge in [-0.1, -0.05) is 66.7 Å². The van der Waals surface area contributed by atoms with Crippen LogP contribution in [0, 0.1) is 0 Å². The van der Waals surface area contributed by atoms with Gasteiger partial charge >= 0.3 is 6.03 Å². The van der Waals surface area contributed by atoms with Crippen LogP contribution in [0.25, 0.3) is 0 Å². The van der Waals surface area contributed by atoms with Crippen molar-refractivity contribution < 1.29 is 14.4 Å². The second kappa shape index (κ2) is 7.40. The molecule has 154 valence electrons. The average Bonchev–Trinajstić information content (AvgIpc) is 3.38. The highest BCUT2D eigenvalue weighted by atomic mass is 16.2. The molecule has 0 radical (unpaired) electrons. The van der Waals surface area contributed by atoms with Crippen LogP contribution in [0.4, 0.5) is 4.79 Å². The highest BCUT2D eigenvalue weighted by Gasteiger charge is 2.54. The number of nitrogens with one attached hydrogen (secondary N) is 2. The summed E-state index contributed by atoms with van der Waals surface area (Å²) in [5, 5.41) is 3.61. The molecule has 1 aliphatic heterocycles. The van der Waals surface area contributed by atoms with Crippen LogP contribution in [-0.2, 0) is 23.2 Å². The van der Waals surface area contributed by atoms with E-state index in [1.807, 2.05) is 48.5 Å². The number of carbonyl (C=O) groups is 3. The fourth-order valence-electron chi connectivity index (χ4n) is 4.44. The Bertz CT molecular complexity index is 1140. The van der Waals surface area contributed by atoms with Gasteiger partial charge in [-0.2, -0.15) is 5.01 Å². The van der Waals surface area contributed by atoms with E-state index in [9.17, 15) is 14.4 Å². The SMILES string of the molecule is O=C(NN1C(=O)NC(c2ccccc2)(c2ccccc2)C1=O)c1ccc2c(c1)CCC2. The number of rotatable bonds is 4. The number of hydrogen-bond acceptors (Lipinski definition) is 3. The number of carbonyl (C=O) groups excluding carboxylic acids is 3. The number of urea groups is 1. The summed E-state index contributed by atoms with van der Waals surface area (Å²) in [6.45, 7) is 0. The van der Waals surface area contributed by atoms with Gasteiger partial charge in [-0.15, -0.1) is 0 Å². The first-order chi connectivity index (χ1) is 15.1. The molecule has 6 heteroatoms. The first-order valence-corrected chi connectivity index (χ1v) is 10.3. The van der Waals surface area contributed by atoms with Crippen LogP contribution in [0.3, 0.4) is 0 Å². The maximum absolute atomic E-state index is 13.6. The van der Waals surface area contributed by atoms with Gasteiger partial charge < -0.3 is 5.32 Å². The number of fused-ring (bicyclic) bond motifs is 1. The molecule has 0 atom stereocenters. The summed E-state index contributed by atoms with van der Waals surface area (Å²) in [4.78, 5) is 39.4. The number of imide groups is 1. The van der Waals surface area contributed by atoms with Crippen molar-refractivity contribution in [1.82, 2.24) is 15.8 Å². The number of nitrogens with zero attached hydrogens (tertiary/aromatic N) is 1. The van der Waals surface area contributed by atoms with Gasteiger partial charge in [0.1, 0.15) is 0 Å². The molecule has 2 aliphatic rings. The van der Waals surface area contributed by atoms with E-state index >= 15 is 0 Å². The van der Waals surface area contributed by atoms with Gasteiger partial charge in [0.2, 0.25) is 0 Å². The lowest BCUT2D eigenvalue weighted by Gasteiger charge is -2.27. The smallest absolute Gasteiger partial charge is 0.314 e. The van der Waals surface area contributed by atoms with Crippen molar-refractivity contribution in [3.05, 3.63) is 107 Å². The lowest BCUT2D eigenvalue weighted by molar-refractivity contribution is -0.131. The second-order valence-corrected chi connectivity index (χ2v) is 7.83. The van der Waals surface area contributed by atoms with Crippen molar-refractivity contribution in [2.24, 2.45) is 0 Å². The Morgan fingerprint density at radius 1 is 0.839 bits per heavy atom. The summed E-state index contributed by atoms with van der Waals surface area (Å²) in [5.41, 5.74) is 5.16. The Balaban J connectivity index is 1.49. The van der Waals surface area contributed by atoms with E-state index < -0.39 is 23.4 Å². The van der Waals surface area contributed by atoms with E-state index in [0.717, 1.165) is 29.8 Å². The number of hydrazine groups is 1. The molecule has 2 N–H and O–H groups in total. The van der Waals surface area contributed by atoms with Crippen molar-refractivity contribution in [2.75, 3.05) is 0 Å². The lowest BCUT2D eigenvalue weighted by Crippen LogP contribution is -2.49. The molecule has 4 amide bonds. The van der Waals surface area contributed by atoms with Crippen LogP contribution in [-0.4, -0.2) is 22.9 Å². The Morgan fingerprint density at radius 2 is 1.45 bits per heavy atom. The predicted molar refractivity (Wildman–Crippen MR) is 115 cm³/mol. The Kier molecular flexibility index (Phi) is 4.55. The molecule has 3 aromatic rings. The summed E-state index contributed by atoms with van der Waals surface area (Å²) in [6, 6.07) is 22.9. The van der Waals surface area contributed by atoms with E-state index in [-0.39, 0.29) is 0 Å². The van der Waals surface area contributed by atoms with Gasteiger partial charge in [-0.05, 0) is 53.6 Å². The minimum Gasteiger partial charge on any atom is -0.314 e. The summed E-state index contributed by atoms with van der Waals surface area (Å²) < 4.78 is 0. The Morgan fingerprint density at radius 3 is 2.10 bits per heavy atom. The Hall–Kier alpha value is -3.93. The van der Waals surface area contributed by atoms with Gasteiger partial charge in [0.15, 0.2) is 5.54 Å². The highest BCUT2D eigenvalue weighted by Crippen LogP contribution is 2.35. The molecule has 0 unspecified atom stereocenters. The standard InChI is InChI=1S/C25H21N3O3/c29-22(19-15-14-17-8-7-9-18(17)16-19)27-28-23(30)25(26-24(28)31,20-10-3-1-4-11-20)21-12-5-2-6-13-21/h1-6,10-16H,7-9H2,(H,26,31)(H,27,29). The molecule has 1 heterocycles. The molecular weight excluding hydrogens is 390 g/mol. The van der Waals surface area contributed by atoms with Gasteiger partial charge in [-0.3, -0.25) is 15.0 Å². The average molecular weight is 411 g/mol. The van der Waals surface area contributed by atoms with Crippen molar-refractivity contribution in [1.29, 1.82) is 0 Å². The number of amides is 4. The van der Waals surface area contributed by atoms with Crippen molar-refractivity contribution >= 4 is 17.8 Å². The fourth-order valence-corrected chi connectivity index (χ4v) is 4.44. The van der Waals surface area contributed by atoms with Crippen LogP contribution in [0.5, 0.6) is 0 Å². The first kappa shape index (κ1) is 19.1. The monoisotopic (exact) mass is 411 g/mol. The number of benzene rings is 3. The van der Waals surface area contributed by atoms with Gasteiger partial charge in [0, 0.05) is 5.56 Å². The number of aryl methyl sites for hydroxylation is 2. The Labute approximate surface area is 179 Å². The first-order valence-electron chi connectivity index (χ1n) is 10.3. The van der Waals surface area contributed by atoms with E-state index in [1.54, 1.807) is 30.3 Å². The van der Waals surface area contributed by atoms with Gasteiger partial charge in [0.25, 0.3) is 11.8 Å². The van der Waals surface area contributed by atoms with Crippen LogP contribution in [0.2, 0.25) is 0 Å². The zero-order valence-electron chi connectivity index (χ0n) is 16.8. The molecule has 31 heavy (non-hydrogen) atoms. The van der Waals surface area contributed by atoms with Crippen molar-refractivity contribution in [3.63, 3.8) is 0 Å². The second-order valence-electron chi connectivity index (χ2n) is 7.83. The van der Waals surface area contributed by atoms with E-state index in [4.69, 9.17) is 0 Å². The summed E-state index contributed by atoms with van der Waals surface area (Å²) in [7, 11) is 0. The zero-order chi connectivity index (χ0) is 21.4. The van der Waals surface area contributed by atoms with Crippen LogP contribution in [0.15, 0.2) is 78.9 Å². The number of hydrogen-bond donors (Lipinski definition) is 2. The third-order valence-electron chi connectivity index (χ3n) is 6.01. The molecule has 1 saturated heterocycles. The lowest BCUT2D eigenvalue weighted by atomic mass is 9.83. The fraction of sp³-hybridized carbons (Fsp3) is 0.160. The maximum atomic E-state index is 13.6. The van der Waals surface area contributed by atoms with Crippen LogP contribution < -0.4 is 10.7 Å². The van der Waals surface area contributed by atoms with E-state index in [2.05, 4.69) is 10.7 Å². The molecule has 0 spiro atoms. The van der Waals surface area contributed by atoms with Crippen molar-refractivity contribution in [2.45, 2.75) is 24.8 Å². The third-order valence-corrected chi connectivity index (χ3v) is 6.01. The quantitative estimate of drug-likeness (QED) is 0.647. The third kappa shape index (κ3) is 3.08. The highest BCUT2D eigenvalue weighted by molar-refractivity contribution is 6.11. The van der Waals surface area contributed by atoms with Crippen LogP contribution >= 0.6 is 0 Å². The summed E-state index contributed by atoms with van der Waals surface area (Å²) in [6.07, 6.45) is 3.02. The normalized spacial score (nSPS) is 16.7. The minimum atomic E-state index is -1.41. The minimum absolute atomic E-state index is 0.429. The molecule has 5 rings (SSSR count). The topological polar surface area (TPSA) is 78.5 Å². The predicted octanol–water partition coefficient (Wildman–Crippen LogP) is 3.32. The summed E-state index contributed by atoms with van der Waals surface area (Å²) >= 11 is 0. The molecule has 1 fully saturated rings. The maximum Gasteiger partial charge on any atom is 0.344 e. The van der Waals surface area contributed by atoms with Gasteiger partial charge in [0.05, 0.1) is 0 Å². The molecule has 3 aromatic carbocycles. The largest absolute Gasteiger partial charge is 0.344 e. The zero-order valence-corrected chi connectivity index (χ0v) is 16.8. The van der Waals surface area contributed by atoms with Crippen molar-refractivity contribution in [3.8, 4) is 0 Å². The molecule has 0 bridgehead atoms. The van der Waals surface area contributed by atoms with E-state index in [1.165, 1.54) is 5.56 Å². The molecule has 6 nitrogen and oxygen atoms in total. The van der Waals surface area contributed by atoms with E-state index in [0.29, 0.717) is 16.7 Å². The van der Waals surface area contributed by atoms with Gasteiger partial charge in [-0.25, -0.2) is 4.79 Å². The molecule has 0 saturated carbocycles. The molecular formula is C25H21N3O3. The summed E-state index contributed by atoms with van der Waals surface area (Å²) in [5.74, 6) is -1.04. The van der Waals surface area contributed by atoms with Crippen LogP contribution in [0.1, 0.15) is 39.0 Å². The molecule has 1 aliphatic carbocycles. The molecule has 0 aromatic heterocycles.